The maximum atomic E-state index is 12.3. The average Bonchev–Trinajstić information content (AvgIpc) is 2.52. The van der Waals surface area contributed by atoms with Gasteiger partial charge in [0.2, 0.25) is 0 Å². The molecule has 0 aromatic heterocycles. The van der Waals surface area contributed by atoms with E-state index in [9.17, 15) is 9.90 Å². The fourth-order valence-electron chi connectivity index (χ4n) is 3.26. The van der Waals surface area contributed by atoms with Gasteiger partial charge in [-0.05, 0) is 44.6 Å². The topological polar surface area (TPSA) is 61.8 Å². The third-order valence-electron chi connectivity index (χ3n) is 4.16. The molecule has 0 radical (unpaired) electrons. The van der Waals surface area contributed by atoms with E-state index in [4.69, 9.17) is 4.74 Å². The molecule has 0 spiro atoms. The predicted molar refractivity (Wildman–Crippen MR) is 115 cm³/mol. The molecule has 0 saturated heterocycles. The molecule has 0 fully saturated rings. The number of benzene rings is 1. The van der Waals surface area contributed by atoms with Crippen LogP contribution in [0.2, 0.25) is 0 Å². The summed E-state index contributed by atoms with van der Waals surface area (Å²) in [5, 5.41) is 13.9. The molecule has 2 N–H and O–H groups in total. The van der Waals surface area contributed by atoms with Crippen LogP contribution in [-0.4, -0.2) is 53.5 Å². The average molecular weight is 393 g/mol. The SMILES string of the molecule is CC(C)CN(CC(C)C)C[C@@H](O)[C@H](Cc1ccccc1)NC(=O)OC(C)(C)C. The quantitative estimate of drug-likeness (QED) is 0.629. The number of carbonyl (C=O) groups excluding carboxylic acids is 1. The van der Waals surface area contributed by atoms with Gasteiger partial charge in [-0.15, -0.1) is 0 Å². The highest BCUT2D eigenvalue weighted by Crippen LogP contribution is 2.12. The number of rotatable bonds is 10. The summed E-state index contributed by atoms with van der Waals surface area (Å²) in [6.45, 7) is 16.6. The molecule has 160 valence electrons. The molecule has 1 aromatic rings. The molecule has 0 heterocycles. The van der Waals surface area contributed by atoms with Crippen LogP contribution >= 0.6 is 0 Å². The minimum Gasteiger partial charge on any atom is -0.444 e. The van der Waals surface area contributed by atoms with Crippen LogP contribution < -0.4 is 5.32 Å². The number of aliphatic hydroxyl groups is 1. The first-order valence-electron chi connectivity index (χ1n) is 10.4. The lowest BCUT2D eigenvalue weighted by Gasteiger charge is -2.32. The summed E-state index contributed by atoms with van der Waals surface area (Å²) in [6.07, 6.45) is -0.629. The van der Waals surface area contributed by atoms with Crippen LogP contribution in [0.25, 0.3) is 0 Å². The second-order valence-electron chi connectivity index (χ2n) is 9.52. The molecule has 0 saturated carbocycles. The molecule has 1 amide bonds. The molecule has 0 aliphatic heterocycles. The lowest BCUT2D eigenvalue weighted by atomic mass is 10.00. The normalized spacial score (nSPS) is 14.4. The van der Waals surface area contributed by atoms with E-state index >= 15 is 0 Å². The molecule has 1 aromatic carbocycles. The van der Waals surface area contributed by atoms with Crippen molar-refractivity contribution in [3.05, 3.63) is 35.9 Å². The van der Waals surface area contributed by atoms with Crippen molar-refractivity contribution in [1.29, 1.82) is 0 Å². The highest BCUT2D eigenvalue weighted by atomic mass is 16.6. The number of ether oxygens (including phenoxy) is 1. The van der Waals surface area contributed by atoms with Gasteiger partial charge >= 0.3 is 6.09 Å². The molecule has 0 aliphatic rings. The monoisotopic (exact) mass is 392 g/mol. The molecule has 2 atom stereocenters. The number of amides is 1. The fraction of sp³-hybridized carbons (Fsp3) is 0.696. The van der Waals surface area contributed by atoms with Gasteiger partial charge < -0.3 is 20.1 Å². The number of carbonyl (C=O) groups is 1. The highest BCUT2D eigenvalue weighted by molar-refractivity contribution is 5.68. The van der Waals surface area contributed by atoms with Gasteiger partial charge in [-0.2, -0.15) is 0 Å². The van der Waals surface area contributed by atoms with Crippen molar-refractivity contribution < 1.29 is 14.6 Å². The van der Waals surface area contributed by atoms with Crippen LogP contribution in [0.1, 0.15) is 54.0 Å². The van der Waals surface area contributed by atoms with Gasteiger partial charge in [-0.3, -0.25) is 0 Å². The van der Waals surface area contributed by atoms with E-state index in [1.165, 1.54) is 0 Å². The van der Waals surface area contributed by atoms with Gasteiger partial charge in [-0.1, -0.05) is 58.0 Å². The van der Waals surface area contributed by atoms with E-state index in [1.807, 2.05) is 51.1 Å². The van der Waals surface area contributed by atoms with Crippen LogP contribution in [0.5, 0.6) is 0 Å². The summed E-state index contributed by atoms with van der Waals surface area (Å²) >= 11 is 0. The maximum Gasteiger partial charge on any atom is 0.407 e. The lowest BCUT2D eigenvalue weighted by molar-refractivity contribution is 0.0345. The molecule has 5 nitrogen and oxygen atoms in total. The van der Waals surface area contributed by atoms with Gasteiger partial charge in [0.05, 0.1) is 12.1 Å². The molecule has 1 rings (SSSR count). The Hall–Kier alpha value is -1.59. The number of hydrogen-bond acceptors (Lipinski definition) is 4. The maximum absolute atomic E-state index is 12.3. The molecule has 5 heteroatoms. The summed E-state index contributed by atoms with van der Waals surface area (Å²) in [6, 6.07) is 9.50. The Morgan fingerprint density at radius 3 is 2.04 bits per heavy atom. The second-order valence-corrected chi connectivity index (χ2v) is 9.52. The summed E-state index contributed by atoms with van der Waals surface area (Å²) in [5.74, 6) is 1.02. The number of nitrogens with one attached hydrogen (secondary N) is 1. The first-order valence-corrected chi connectivity index (χ1v) is 10.4. The van der Waals surface area contributed by atoms with E-state index in [0.717, 1.165) is 18.7 Å². The Bertz CT molecular complexity index is 557. The first kappa shape index (κ1) is 24.4. The van der Waals surface area contributed by atoms with Crippen molar-refractivity contribution in [1.82, 2.24) is 10.2 Å². The van der Waals surface area contributed by atoms with Crippen LogP contribution in [0.3, 0.4) is 0 Å². The standard InChI is InChI=1S/C23H40N2O3/c1-17(2)14-25(15-18(3)4)16-21(26)20(13-19-11-9-8-10-12-19)24-22(27)28-23(5,6)7/h8-12,17-18,20-21,26H,13-16H2,1-7H3,(H,24,27)/t20-,21+/m0/s1. The predicted octanol–water partition coefficient (Wildman–Crippen LogP) is 4.10. The fourth-order valence-corrected chi connectivity index (χ4v) is 3.26. The van der Waals surface area contributed by atoms with Crippen molar-refractivity contribution in [2.24, 2.45) is 11.8 Å². The van der Waals surface area contributed by atoms with Crippen LogP contribution in [0.15, 0.2) is 30.3 Å². The van der Waals surface area contributed by atoms with Crippen molar-refractivity contribution >= 4 is 6.09 Å². The Morgan fingerprint density at radius 1 is 1.04 bits per heavy atom. The van der Waals surface area contributed by atoms with Gasteiger partial charge in [0.15, 0.2) is 0 Å². The summed E-state index contributed by atoms with van der Waals surface area (Å²) in [7, 11) is 0. The van der Waals surface area contributed by atoms with Gasteiger partial charge in [0.1, 0.15) is 5.60 Å². The van der Waals surface area contributed by atoms with E-state index in [1.54, 1.807) is 0 Å². The number of hydrogen-bond donors (Lipinski definition) is 2. The van der Waals surface area contributed by atoms with Gasteiger partial charge in [-0.25, -0.2) is 4.79 Å². The van der Waals surface area contributed by atoms with E-state index in [-0.39, 0.29) is 0 Å². The first-order chi connectivity index (χ1) is 13.0. The minimum atomic E-state index is -0.690. The molecule has 0 unspecified atom stereocenters. The summed E-state index contributed by atoms with van der Waals surface area (Å²) in [5.41, 5.74) is 0.495. The van der Waals surface area contributed by atoms with E-state index < -0.39 is 23.8 Å². The van der Waals surface area contributed by atoms with Crippen LogP contribution in [-0.2, 0) is 11.2 Å². The smallest absolute Gasteiger partial charge is 0.407 e. The second kappa shape index (κ2) is 11.4. The van der Waals surface area contributed by atoms with Crippen molar-refractivity contribution in [3.8, 4) is 0 Å². The van der Waals surface area contributed by atoms with Crippen LogP contribution in [0, 0.1) is 11.8 Å². The zero-order chi connectivity index (χ0) is 21.3. The third kappa shape index (κ3) is 10.7. The van der Waals surface area contributed by atoms with E-state index in [2.05, 4.69) is 37.9 Å². The van der Waals surface area contributed by atoms with Crippen LogP contribution in [0.4, 0.5) is 4.79 Å². The Labute approximate surface area is 171 Å². The Balaban J connectivity index is 2.89. The zero-order valence-corrected chi connectivity index (χ0v) is 18.7. The zero-order valence-electron chi connectivity index (χ0n) is 18.7. The lowest BCUT2D eigenvalue weighted by Crippen LogP contribution is -2.51. The number of alkyl carbamates (subject to hydrolysis) is 1. The van der Waals surface area contributed by atoms with Crippen molar-refractivity contribution in [2.75, 3.05) is 19.6 Å². The molecule has 0 bridgehead atoms. The Morgan fingerprint density at radius 2 is 1.57 bits per heavy atom. The Kier molecular flexibility index (Phi) is 9.97. The van der Waals surface area contributed by atoms with Gasteiger partial charge in [0.25, 0.3) is 0 Å². The molecule has 0 aliphatic carbocycles. The van der Waals surface area contributed by atoms with Crippen molar-refractivity contribution in [3.63, 3.8) is 0 Å². The third-order valence-corrected chi connectivity index (χ3v) is 4.16. The molecule has 28 heavy (non-hydrogen) atoms. The number of aliphatic hydroxyl groups excluding tert-OH is 1. The largest absolute Gasteiger partial charge is 0.444 e. The summed E-state index contributed by atoms with van der Waals surface area (Å²) in [4.78, 5) is 14.6. The van der Waals surface area contributed by atoms with Gasteiger partial charge in [0, 0.05) is 19.6 Å². The number of nitrogens with zero attached hydrogens (tertiary/aromatic N) is 1. The molecular weight excluding hydrogens is 352 g/mol. The highest BCUT2D eigenvalue weighted by Gasteiger charge is 2.27. The summed E-state index contributed by atoms with van der Waals surface area (Å²) < 4.78 is 5.42. The van der Waals surface area contributed by atoms with E-state index in [0.29, 0.717) is 24.8 Å². The molecular formula is C23H40N2O3. The van der Waals surface area contributed by atoms with Crippen molar-refractivity contribution in [2.45, 2.75) is 72.6 Å². The minimum absolute atomic E-state index is 0.418.